The van der Waals surface area contributed by atoms with E-state index >= 15 is 0 Å². The third-order valence-corrected chi connectivity index (χ3v) is 6.14. The molecule has 116 valence electrons. The fourth-order valence-electron chi connectivity index (χ4n) is 2.12. The highest BCUT2D eigenvalue weighted by atomic mass is 32.2. The fraction of sp³-hybridized carbons (Fsp3) is 0.462. The summed E-state index contributed by atoms with van der Waals surface area (Å²) < 4.78 is 31.6. The van der Waals surface area contributed by atoms with Gasteiger partial charge in [-0.05, 0) is 36.8 Å². The van der Waals surface area contributed by atoms with Crippen LogP contribution < -0.4 is 10.5 Å². The number of carbonyl (C=O) groups excluding carboxylic acids is 1. The summed E-state index contributed by atoms with van der Waals surface area (Å²) >= 11 is 1.77. The summed E-state index contributed by atoms with van der Waals surface area (Å²) in [5.74, 6) is 0.517. The van der Waals surface area contributed by atoms with E-state index in [9.17, 15) is 13.2 Å². The second-order valence-electron chi connectivity index (χ2n) is 4.73. The van der Waals surface area contributed by atoms with E-state index in [1.165, 1.54) is 25.3 Å². The predicted molar refractivity (Wildman–Crippen MR) is 82.9 cm³/mol. The van der Waals surface area contributed by atoms with Crippen LogP contribution in [0.4, 0.5) is 5.69 Å². The van der Waals surface area contributed by atoms with Crippen LogP contribution in [0.2, 0.25) is 0 Å². The lowest BCUT2D eigenvalue weighted by Gasteiger charge is -2.12. The first-order valence-corrected chi connectivity index (χ1v) is 9.06. The van der Waals surface area contributed by atoms with Gasteiger partial charge in [-0.1, -0.05) is 0 Å². The van der Waals surface area contributed by atoms with Crippen LogP contribution in [-0.4, -0.2) is 39.0 Å². The zero-order valence-corrected chi connectivity index (χ0v) is 13.3. The molecule has 0 spiro atoms. The molecule has 1 heterocycles. The first-order valence-electron chi connectivity index (χ1n) is 6.53. The number of benzene rings is 1. The maximum atomic E-state index is 12.2. The summed E-state index contributed by atoms with van der Waals surface area (Å²) in [7, 11) is -2.41. The van der Waals surface area contributed by atoms with Crippen LogP contribution in [0.1, 0.15) is 23.2 Å². The van der Waals surface area contributed by atoms with Crippen molar-refractivity contribution in [3.8, 4) is 0 Å². The topological polar surface area (TPSA) is 98.5 Å². The minimum atomic E-state index is -3.67. The van der Waals surface area contributed by atoms with Crippen molar-refractivity contribution in [2.75, 3.05) is 25.1 Å². The van der Waals surface area contributed by atoms with Crippen LogP contribution in [0.3, 0.4) is 0 Å². The molecule has 1 aromatic carbocycles. The lowest BCUT2D eigenvalue weighted by molar-refractivity contribution is 0.0600. The molecule has 1 aliphatic heterocycles. The van der Waals surface area contributed by atoms with Gasteiger partial charge in [-0.15, -0.1) is 0 Å². The Labute approximate surface area is 128 Å². The number of nitrogens with two attached hydrogens (primary N) is 1. The number of anilines is 1. The van der Waals surface area contributed by atoms with E-state index in [-0.39, 0.29) is 16.1 Å². The second kappa shape index (κ2) is 6.67. The Hall–Kier alpha value is -1.25. The number of carbonyl (C=O) groups is 1. The van der Waals surface area contributed by atoms with E-state index in [1.807, 2.05) is 0 Å². The Balaban J connectivity index is 2.13. The first kappa shape index (κ1) is 16.1. The van der Waals surface area contributed by atoms with Gasteiger partial charge < -0.3 is 10.5 Å². The molecular formula is C13H18N2O4S2. The van der Waals surface area contributed by atoms with E-state index in [0.29, 0.717) is 11.8 Å². The quantitative estimate of drug-likeness (QED) is 0.622. The molecule has 2 rings (SSSR count). The van der Waals surface area contributed by atoms with Gasteiger partial charge in [0.15, 0.2) is 0 Å². The molecule has 1 aliphatic rings. The molecular weight excluding hydrogens is 312 g/mol. The summed E-state index contributed by atoms with van der Waals surface area (Å²) in [4.78, 5) is 11.4. The molecule has 0 radical (unpaired) electrons. The molecule has 0 bridgehead atoms. The van der Waals surface area contributed by atoms with Gasteiger partial charge in [0.2, 0.25) is 10.0 Å². The highest BCUT2D eigenvalue weighted by Gasteiger charge is 2.22. The average Bonchev–Trinajstić information content (AvgIpc) is 2.97. The Morgan fingerprint density at radius 1 is 1.52 bits per heavy atom. The van der Waals surface area contributed by atoms with E-state index < -0.39 is 16.0 Å². The van der Waals surface area contributed by atoms with Crippen molar-refractivity contribution in [2.45, 2.75) is 23.0 Å². The lowest BCUT2D eigenvalue weighted by Crippen LogP contribution is -2.30. The molecule has 1 atom stereocenters. The van der Waals surface area contributed by atoms with E-state index in [1.54, 1.807) is 11.8 Å². The summed E-state index contributed by atoms with van der Waals surface area (Å²) in [6.07, 6.45) is 2.14. The summed E-state index contributed by atoms with van der Waals surface area (Å²) in [5.41, 5.74) is 6.01. The fourth-order valence-corrected chi connectivity index (χ4v) is 4.62. The molecule has 0 aliphatic carbocycles. The van der Waals surface area contributed by atoms with Crippen molar-refractivity contribution >= 4 is 33.4 Å². The van der Waals surface area contributed by atoms with Crippen LogP contribution in [0, 0.1) is 0 Å². The molecule has 1 aromatic rings. The van der Waals surface area contributed by atoms with Gasteiger partial charge in [0.25, 0.3) is 0 Å². The second-order valence-corrected chi connectivity index (χ2v) is 7.87. The first-order chi connectivity index (χ1) is 9.94. The number of nitrogens with one attached hydrogen (secondary N) is 1. The molecule has 8 heteroatoms. The van der Waals surface area contributed by atoms with Crippen LogP contribution in [0.15, 0.2) is 23.1 Å². The van der Waals surface area contributed by atoms with Gasteiger partial charge in [0.05, 0.1) is 18.4 Å². The minimum absolute atomic E-state index is 0.0156. The highest BCUT2D eigenvalue weighted by molar-refractivity contribution is 8.00. The molecule has 0 saturated carbocycles. The van der Waals surface area contributed by atoms with E-state index in [4.69, 9.17) is 5.73 Å². The Kier molecular flexibility index (Phi) is 5.13. The number of hydrogen-bond donors (Lipinski definition) is 2. The molecule has 21 heavy (non-hydrogen) atoms. The SMILES string of the molecule is COC(=O)c1ccc(S(=O)(=O)NCC2CCCS2)c(N)c1. The van der Waals surface area contributed by atoms with Crippen LogP contribution in [0.25, 0.3) is 0 Å². The molecule has 1 unspecified atom stereocenters. The lowest BCUT2D eigenvalue weighted by atomic mass is 10.2. The zero-order chi connectivity index (χ0) is 15.5. The minimum Gasteiger partial charge on any atom is -0.465 e. The van der Waals surface area contributed by atoms with Gasteiger partial charge >= 0.3 is 5.97 Å². The van der Waals surface area contributed by atoms with Crippen molar-refractivity contribution in [3.05, 3.63) is 23.8 Å². The summed E-state index contributed by atoms with van der Waals surface area (Å²) in [6.45, 7) is 0.394. The third-order valence-electron chi connectivity index (χ3n) is 3.25. The third kappa shape index (κ3) is 3.90. The van der Waals surface area contributed by atoms with Crippen molar-refractivity contribution in [3.63, 3.8) is 0 Å². The molecule has 1 fully saturated rings. The molecule has 3 N–H and O–H groups in total. The normalized spacial score (nSPS) is 18.6. The zero-order valence-electron chi connectivity index (χ0n) is 11.7. The Morgan fingerprint density at radius 2 is 2.29 bits per heavy atom. The molecule has 0 aromatic heterocycles. The number of nitrogen functional groups attached to an aromatic ring is 1. The molecule has 6 nitrogen and oxygen atoms in total. The number of hydrogen-bond acceptors (Lipinski definition) is 6. The van der Waals surface area contributed by atoms with Gasteiger partial charge in [-0.3, -0.25) is 0 Å². The number of rotatable bonds is 5. The van der Waals surface area contributed by atoms with Crippen molar-refractivity contribution in [2.24, 2.45) is 0 Å². The standard InChI is InChI=1S/C13H18N2O4S2/c1-19-13(16)9-4-5-12(11(14)7-9)21(17,18)15-8-10-3-2-6-20-10/h4-5,7,10,15H,2-3,6,8,14H2,1H3. The number of ether oxygens (including phenoxy) is 1. The van der Waals surface area contributed by atoms with Crippen molar-refractivity contribution < 1.29 is 17.9 Å². The maximum absolute atomic E-state index is 12.2. The van der Waals surface area contributed by atoms with Gasteiger partial charge in [-0.2, -0.15) is 11.8 Å². The maximum Gasteiger partial charge on any atom is 0.337 e. The van der Waals surface area contributed by atoms with Gasteiger partial charge in [-0.25, -0.2) is 17.9 Å². The number of methoxy groups -OCH3 is 1. The summed E-state index contributed by atoms with van der Waals surface area (Å²) in [6, 6.07) is 4.03. The molecule has 1 saturated heterocycles. The largest absolute Gasteiger partial charge is 0.465 e. The number of esters is 1. The van der Waals surface area contributed by atoms with Crippen molar-refractivity contribution in [1.82, 2.24) is 4.72 Å². The number of thioether (sulfide) groups is 1. The van der Waals surface area contributed by atoms with Crippen LogP contribution in [0.5, 0.6) is 0 Å². The Bertz CT molecular complexity index is 625. The molecule has 0 amide bonds. The van der Waals surface area contributed by atoms with Gasteiger partial charge in [0, 0.05) is 11.8 Å². The smallest absolute Gasteiger partial charge is 0.337 e. The van der Waals surface area contributed by atoms with Crippen LogP contribution in [-0.2, 0) is 14.8 Å². The average molecular weight is 330 g/mol. The predicted octanol–water partition coefficient (Wildman–Crippen LogP) is 1.23. The number of sulfonamides is 1. The highest BCUT2D eigenvalue weighted by Crippen LogP contribution is 2.26. The Morgan fingerprint density at radius 3 is 2.86 bits per heavy atom. The monoisotopic (exact) mass is 330 g/mol. The van der Waals surface area contributed by atoms with E-state index in [2.05, 4.69) is 9.46 Å². The summed E-state index contributed by atoms with van der Waals surface area (Å²) in [5, 5.41) is 0.315. The van der Waals surface area contributed by atoms with Crippen LogP contribution >= 0.6 is 11.8 Å². The van der Waals surface area contributed by atoms with Crippen molar-refractivity contribution in [1.29, 1.82) is 0 Å². The van der Waals surface area contributed by atoms with Gasteiger partial charge in [0.1, 0.15) is 4.90 Å². The van der Waals surface area contributed by atoms with E-state index in [0.717, 1.165) is 18.6 Å².